The Morgan fingerprint density at radius 1 is 1.36 bits per heavy atom. The van der Waals surface area contributed by atoms with Crippen molar-refractivity contribution in [2.45, 2.75) is 39.8 Å². The molecule has 0 saturated carbocycles. The monoisotopic (exact) mass is 303 g/mol. The van der Waals surface area contributed by atoms with Crippen molar-refractivity contribution in [3.8, 4) is 0 Å². The summed E-state index contributed by atoms with van der Waals surface area (Å²) in [6, 6.07) is 3.92. The van der Waals surface area contributed by atoms with Crippen LogP contribution >= 0.6 is 0 Å². The Balaban J connectivity index is 1.55. The van der Waals surface area contributed by atoms with Gasteiger partial charge in [0.2, 0.25) is 5.91 Å². The Labute approximate surface area is 129 Å². The van der Waals surface area contributed by atoms with Crippen molar-refractivity contribution < 1.29 is 9.32 Å². The van der Waals surface area contributed by atoms with E-state index in [1.165, 1.54) is 0 Å². The summed E-state index contributed by atoms with van der Waals surface area (Å²) in [5.41, 5.74) is 2.19. The van der Waals surface area contributed by atoms with E-state index >= 15 is 0 Å². The molecule has 1 saturated heterocycles. The first-order chi connectivity index (χ1) is 10.4. The summed E-state index contributed by atoms with van der Waals surface area (Å²) in [4.78, 5) is 14.3. The fraction of sp³-hybridized carbons (Fsp3) is 0.533. The van der Waals surface area contributed by atoms with E-state index in [1.807, 2.05) is 13.8 Å². The number of aryl methyl sites for hydroxylation is 3. The van der Waals surface area contributed by atoms with Crippen LogP contribution in [0.4, 0.5) is 5.82 Å². The average Bonchev–Trinajstić information content (AvgIpc) is 2.94. The highest BCUT2D eigenvalue weighted by molar-refractivity contribution is 5.93. The highest BCUT2D eigenvalue weighted by Gasteiger charge is 2.35. The molecule has 3 rings (SSSR count). The highest BCUT2D eigenvalue weighted by Crippen LogP contribution is 2.25. The summed E-state index contributed by atoms with van der Waals surface area (Å²) in [5, 5.41) is 11.1. The maximum absolute atomic E-state index is 12.2. The number of anilines is 1. The number of carbonyl (C=O) groups excluding carboxylic acids is 1. The normalized spacial score (nSPS) is 17.3. The van der Waals surface area contributed by atoms with Crippen LogP contribution in [0.2, 0.25) is 0 Å². The van der Waals surface area contributed by atoms with Gasteiger partial charge >= 0.3 is 0 Å². The third-order valence-corrected chi connectivity index (χ3v) is 4.09. The second kappa shape index (κ2) is 5.57. The van der Waals surface area contributed by atoms with Crippen LogP contribution in [0.3, 0.4) is 0 Å². The van der Waals surface area contributed by atoms with Gasteiger partial charge in [-0.3, -0.25) is 14.4 Å². The van der Waals surface area contributed by atoms with Crippen LogP contribution in [0.1, 0.15) is 30.1 Å². The number of amides is 1. The average molecular weight is 303 g/mol. The molecule has 0 spiro atoms. The van der Waals surface area contributed by atoms with Crippen LogP contribution in [-0.4, -0.2) is 44.9 Å². The van der Waals surface area contributed by atoms with E-state index in [9.17, 15) is 4.79 Å². The maximum Gasteiger partial charge on any atom is 0.242 e. The van der Waals surface area contributed by atoms with Crippen molar-refractivity contribution in [1.82, 2.24) is 19.8 Å². The summed E-state index contributed by atoms with van der Waals surface area (Å²) in [6.45, 7) is 9.41. The fourth-order valence-electron chi connectivity index (χ4n) is 2.80. The first-order valence-corrected chi connectivity index (χ1v) is 7.45. The fourth-order valence-corrected chi connectivity index (χ4v) is 2.80. The second-order valence-electron chi connectivity index (χ2n) is 5.97. The molecule has 3 heterocycles. The van der Waals surface area contributed by atoms with Gasteiger partial charge < -0.3 is 9.84 Å². The molecule has 0 bridgehead atoms. The lowest BCUT2D eigenvalue weighted by molar-refractivity contribution is -0.123. The predicted molar refractivity (Wildman–Crippen MR) is 81.6 cm³/mol. The third kappa shape index (κ3) is 2.76. The van der Waals surface area contributed by atoms with E-state index in [-0.39, 0.29) is 11.9 Å². The van der Waals surface area contributed by atoms with Gasteiger partial charge in [-0.25, -0.2) is 0 Å². The molecule has 7 heteroatoms. The van der Waals surface area contributed by atoms with E-state index < -0.39 is 0 Å². The summed E-state index contributed by atoms with van der Waals surface area (Å²) in [5.74, 6) is 1.07. The van der Waals surface area contributed by atoms with Crippen LogP contribution in [0, 0.1) is 20.8 Å². The van der Waals surface area contributed by atoms with Gasteiger partial charge in [-0.15, -0.1) is 0 Å². The van der Waals surface area contributed by atoms with Gasteiger partial charge in [-0.1, -0.05) is 5.16 Å². The molecule has 0 radical (unpaired) electrons. The zero-order chi connectivity index (χ0) is 15.9. The summed E-state index contributed by atoms with van der Waals surface area (Å²) in [6.07, 6.45) is 0. The molecule has 2 aromatic heterocycles. The van der Waals surface area contributed by atoms with Gasteiger partial charge in [0.05, 0.1) is 17.8 Å². The minimum absolute atomic E-state index is 0.0693. The van der Waals surface area contributed by atoms with Crippen LogP contribution in [-0.2, 0) is 4.79 Å². The molecule has 0 unspecified atom stereocenters. The minimum Gasteiger partial charge on any atom is -0.360 e. The summed E-state index contributed by atoms with van der Waals surface area (Å²) >= 11 is 0. The van der Waals surface area contributed by atoms with E-state index in [1.54, 1.807) is 13.0 Å². The Hall–Kier alpha value is -2.15. The van der Waals surface area contributed by atoms with Crippen LogP contribution < -0.4 is 5.32 Å². The van der Waals surface area contributed by atoms with E-state index in [0.717, 1.165) is 24.5 Å². The molecule has 1 fully saturated rings. The molecular formula is C15H21N5O2. The second-order valence-corrected chi connectivity index (χ2v) is 5.97. The molecule has 1 N–H and O–H groups in total. The van der Waals surface area contributed by atoms with Crippen LogP contribution in [0.5, 0.6) is 0 Å². The molecule has 1 aliphatic heterocycles. The molecule has 22 heavy (non-hydrogen) atoms. The topological polar surface area (TPSA) is 76.2 Å². The number of likely N-dealkylation sites (tertiary alicyclic amines) is 1. The molecule has 1 aliphatic rings. The van der Waals surface area contributed by atoms with E-state index in [0.29, 0.717) is 17.6 Å². The Morgan fingerprint density at radius 2 is 2.09 bits per heavy atom. The maximum atomic E-state index is 12.2. The molecule has 0 aliphatic carbocycles. The smallest absolute Gasteiger partial charge is 0.242 e. The van der Waals surface area contributed by atoms with E-state index in [2.05, 4.69) is 38.1 Å². The highest BCUT2D eigenvalue weighted by atomic mass is 16.5. The largest absolute Gasteiger partial charge is 0.360 e. The van der Waals surface area contributed by atoms with Gasteiger partial charge in [0.1, 0.15) is 5.76 Å². The molecule has 1 atom stereocenters. The number of rotatable bonds is 4. The number of nitrogens with zero attached hydrogens (tertiary/aromatic N) is 4. The SMILES string of the molecule is Cc1cc(C)n(C2CN([C@H](C)C(=O)Nc3cc(C)on3)C2)n1. The molecule has 0 aromatic carbocycles. The standard InChI is InChI=1S/C15H21N5O2/c1-9-5-10(2)20(17-9)13-7-19(8-13)12(4)15(21)16-14-6-11(3)22-18-14/h5-6,12-13H,7-8H2,1-4H3,(H,16,18,21)/t12-/m1/s1. The zero-order valence-electron chi connectivity index (χ0n) is 13.3. The van der Waals surface area contributed by atoms with Crippen LogP contribution in [0.15, 0.2) is 16.7 Å². The van der Waals surface area contributed by atoms with Gasteiger partial charge in [-0.05, 0) is 33.8 Å². The Morgan fingerprint density at radius 3 is 2.64 bits per heavy atom. The molecule has 2 aromatic rings. The lowest BCUT2D eigenvalue weighted by Crippen LogP contribution is -2.55. The number of hydrogen-bond acceptors (Lipinski definition) is 5. The molecular weight excluding hydrogens is 282 g/mol. The van der Waals surface area contributed by atoms with Crippen molar-refractivity contribution >= 4 is 11.7 Å². The molecule has 118 valence electrons. The van der Waals surface area contributed by atoms with Gasteiger partial charge in [0, 0.05) is 24.8 Å². The van der Waals surface area contributed by atoms with E-state index in [4.69, 9.17) is 4.52 Å². The minimum atomic E-state index is -0.203. The lowest BCUT2D eigenvalue weighted by Gasteiger charge is -2.42. The zero-order valence-corrected chi connectivity index (χ0v) is 13.3. The predicted octanol–water partition coefficient (Wildman–Crippen LogP) is 1.68. The van der Waals surface area contributed by atoms with Crippen molar-refractivity contribution in [1.29, 1.82) is 0 Å². The number of carbonyl (C=O) groups is 1. The Bertz CT molecular complexity index is 684. The number of hydrogen-bond donors (Lipinski definition) is 1. The number of aromatic nitrogens is 3. The number of nitrogens with one attached hydrogen (secondary N) is 1. The third-order valence-electron chi connectivity index (χ3n) is 4.09. The molecule has 1 amide bonds. The molecule has 7 nitrogen and oxygen atoms in total. The van der Waals surface area contributed by atoms with Gasteiger partial charge in [-0.2, -0.15) is 5.10 Å². The Kier molecular flexibility index (Phi) is 3.74. The summed E-state index contributed by atoms with van der Waals surface area (Å²) < 4.78 is 7.00. The van der Waals surface area contributed by atoms with Gasteiger partial charge in [0.25, 0.3) is 0 Å². The summed E-state index contributed by atoms with van der Waals surface area (Å²) in [7, 11) is 0. The van der Waals surface area contributed by atoms with Crippen molar-refractivity contribution in [2.75, 3.05) is 18.4 Å². The lowest BCUT2D eigenvalue weighted by atomic mass is 10.1. The first-order valence-electron chi connectivity index (χ1n) is 7.45. The first kappa shape index (κ1) is 14.8. The van der Waals surface area contributed by atoms with Crippen molar-refractivity contribution in [3.05, 3.63) is 29.3 Å². The quantitative estimate of drug-likeness (QED) is 0.930. The van der Waals surface area contributed by atoms with Crippen molar-refractivity contribution in [2.24, 2.45) is 0 Å². The van der Waals surface area contributed by atoms with Crippen LogP contribution in [0.25, 0.3) is 0 Å². The van der Waals surface area contributed by atoms with Gasteiger partial charge in [0.15, 0.2) is 5.82 Å². The van der Waals surface area contributed by atoms with Crippen molar-refractivity contribution in [3.63, 3.8) is 0 Å².